The number of rotatable bonds is 2. The Morgan fingerprint density at radius 1 is 1.22 bits per heavy atom. The summed E-state index contributed by atoms with van der Waals surface area (Å²) in [4.78, 5) is 7.75. The van der Waals surface area contributed by atoms with Crippen molar-refractivity contribution in [3.05, 3.63) is 23.5 Å². The molecule has 0 bridgehead atoms. The average Bonchev–Trinajstić information content (AvgIpc) is 2.72. The SMILES string of the molecule is Cc1nc2c(C)cc(OC3CCNCC3)cc2[nH]1. The molecular formula is C14H19N3O. The molecule has 18 heavy (non-hydrogen) atoms. The summed E-state index contributed by atoms with van der Waals surface area (Å²) < 4.78 is 6.07. The number of benzene rings is 1. The normalized spacial score (nSPS) is 17.2. The molecule has 1 saturated heterocycles. The van der Waals surface area contributed by atoms with Gasteiger partial charge in [-0.2, -0.15) is 0 Å². The highest BCUT2D eigenvalue weighted by atomic mass is 16.5. The molecule has 0 atom stereocenters. The maximum atomic E-state index is 6.07. The van der Waals surface area contributed by atoms with E-state index in [4.69, 9.17) is 4.74 Å². The van der Waals surface area contributed by atoms with Crippen molar-refractivity contribution in [2.75, 3.05) is 13.1 Å². The van der Waals surface area contributed by atoms with Gasteiger partial charge in [0.2, 0.25) is 0 Å². The molecule has 0 aliphatic carbocycles. The number of piperidine rings is 1. The number of ether oxygens (including phenoxy) is 1. The summed E-state index contributed by atoms with van der Waals surface area (Å²) >= 11 is 0. The third-order valence-electron chi connectivity index (χ3n) is 3.46. The van der Waals surface area contributed by atoms with Crippen molar-refractivity contribution >= 4 is 11.0 Å². The lowest BCUT2D eigenvalue weighted by atomic mass is 10.1. The van der Waals surface area contributed by atoms with Crippen LogP contribution >= 0.6 is 0 Å². The predicted molar refractivity (Wildman–Crippen MR) is 72.1 cm³/mol. The molecule has 1 fully saturated rings. The monoisotopic (exact) mass is 245 g/mol. The van der Waals surface area contributed by atoms with E-state index in [1.165, 1.54) is 5.56 Å². The van der Waals surface area contributed by atoms with Crippen LogP contribution in [0.25, 0.3) is 11.0 Å². The van der Waals surface area contributed by atoms with Crippen LogP contribution in [0.3, 0.4) is 0 Å². The second-order valence-corrected chi connectivity index (χ2v) is 5.03. The van der Waals surface area contributed by atoms with Crippen LogP contribution < -0.4 is 10.1 Å². The van der Waals surface area contributed by atoms with Crippen molar-refractivity contribution in [1.82, 2.24) is 15.3 Å². The second-order valence-electron chi connectivity index (χ2n) is 5.03. The third-order valence-corrected chi connectivity index (χ3v) is 3.46. The first-order chi connectivity index (χ1) is 8.72. The van der Waals surface area contributed by atoms with E-state index < -0.39 is 0 Å². The number of H-pyrrole nitrogens is 1. The van der Waals surface area contributed by atoms with Crippen molar-refractivity contribution in [3.63, 3.8) is 0 Å². The van der Waals surface area contributed by atoms with Crippen molar-refractivity contribution in [2.45, 2.75) is 32.8 Å². The fourth-order valence-electron chi connectivity index (χ4n) is 2.55. The van der Waals surface area contributed by atoms with Gasteiger partial charge in [0.25, 0.3) is 0 Å². The number of imidazole rings is 1. The molecule has 1 aliphatic heterocycles. The summed E-state index contributed by atoms with van der Waals surface area (Å²) in [5.74, 6) is 1.91. The van der Waals surface area contributed by atoms with E-state index in [2.05, 4.69) is 34.3 Å². The fourth-order valence-corrected chi connectivity index (χ4v) is 2.55. The Balaban J connectivity index is 1.87. The van der Waals surface area contributed by atoms with Gasteiger partial charge >= 0.3 is 0 Å². The van der Waals surface area contributed by atoms with Gasteiger partial charge in [-0.1, -0.05) is 0 Å². The molecule has 1 aromatic carbocycles. The van der Waals surface area contributed by atoms with E-state index in [0.29, 0.717) is 6.10 Å². The molecule has 96 valence electrons. The van der Waals surface area contributed by atoms with Crippen molar-refractivity contribution < 1.29 is 4.74 Å². The van der Waals surface area contributed by atoms with E-state index >= 15 is 0 Å². The standard InChI is InChI=1S/C14H19N3O/c1-9-7-12(18-11-3-5-15-6-4-11)8-13-14(9)17-10(2)16-13/h7-8,11,15H,3-6H2,1-2H3,(H,16,17). The Morgan fingerprint density at radius 2 is 2.00 bits per heavy atom. The molecule has 4 nitrogen and oxygen atoms in total. The molecule has 0 radical (unpaired) electrons. The molecule has 0 amide bonds. The lowest BCUT2D eigenvalue weighted by Crippen LogP contribution is -2.34. The number of aromatic nitrogens is 2. The van der Waals surface area contributed by atoms with Crippen LogP contribution in [0.2, 0.25) is 0 Å². The van der Waals surface area contributed by atoms with E-state index in [1.807, 2.05) is 6.92 Å². The summed E-state index contributed by atoms with van der Waals surface area (Å²) in [6.07, 6.45) is 2.50. The minimum atomic E-state index is 0.340. The molecule has 2 aromatic rings. The molecule has 1 aromatic heterocycles. The van der Waals surface area contributed by atoms with Crippen LogP contribution in [0, 0.1) is 13.8 Å². The summed E-state index contributed by atoms with van der Waals surface area (Å²) in [5.41, 5.74) is 3.28. The van der Waals surface area contributed by atoms with E-state index in [1.54, 1.807) is 0 Å². The number of nitrogens with one attached hydrogen (secondary N) is 2. The first-order valence-electron chi connectivity index (χ1n) is 6.57. The van der Waals surface area contributed by atoms with Gasteiger partial charge in [-0.05, 0) is 51.4 Å². The number of aryl methyl sites for hydroxylation is 2. The number of hydrogen-bond acceptors (Lipinski definition) is 3. The lowest BCUT2D eigenvalue weighted by molar-refractivity contribution is 0.162. The van der Waals surface area contributed by atoms with Crippen LogP contribution in [-0.2, 0) is 0 Å². The Bertz CT molecular complexity index is 555. The molecule has 3 rings (SSSR count). The van der Waals surface area contributed by atoms with Gasteiger partial charge in [0, 0.05) is 6.07 Å². The summed E-state index contributed by atoms with van der Waals surface area (Å²) in [6, 6.07) is 4.15. The van der Waals surface area contributed by atoms with Crippen molar-refractivity contribution in [2.24, 2.45) is 0 Å². The minimum absolute atomic E-state index is 0.340. The van der Waals surface area contributed by atoms with Crippen LogP contribution in [0.1, 0.15) is 24.2 Å². The lowest BCUT2D eigenvalue weighted by Gasteiger charge is -2.24. The fraction of sp³-hybridized carbons (Fsp3) is 0.500. The average molecular weight is 245 g/mol. The molecule has 0 spiro atoms. The predicted octanol–water partition coefficient (Wildman–Crippen LogP) is 2.31. The van der Waals surface area contributed by atoms with Crippen LogP contribution in [0.15, 0.2) is 12.1 Å². The molecule has 2 N–H and O–H groups in total. The van der Waals surface area contributed by atoms with Gasteiger partial charge < -0.3 is 15.0 Å². The third kappa shape index (κ3) is 2.20. The van der Waals surface area contributed by atoms with Gasteiger partial charge in [0.05, 0.1) is 11.0 Å². The second kappa shape index (κ2) is 4.61. The van der Waals surface area contributed by atoms with Gasteiger partial charge in [-0.3, -0.25) is 0 Å². The molecule has 2 heterocycles. The van der Waals surface area contributed by atoms with Gasteiger partial charge in [0.1, 0.15) is 17.7 Å². The molecule has 1 aliphatic rings. The highest BCUT2D eigenvalue weighted by molar-refractivity contribution is 5.80. The maximum Gasteiger partial charge on any atom is 0.122 e. The summed E-state index contributed by atoms with van der Waals surface area (Å²) in [6.45, 7) is 6.16. The van der Waals surface area contributed by atoms with Gasteiger partial charge in [0.15, 0.2) is 0 Å². The first-order valence-corrected chi connectivity index (χ1v) is 6.57. The molecule has 0 unspecified atom stereocenters. The Kier molecular flexibility index (Phi) is 2.96. The largest absolute Gasteiger partial charge is 0.490 e. The van der Waals surface area contributed by atoms with Crippen molar-refractivity contribution in [3.8, 4) is 5.75 Å². The zero-order chi connectivity index (χ0) is 12.5. The van der Waals surface area contributed by atoms with E-state index in [-0.39, 0.29) is 0 Å². The molecule has 4 heteroatoms. The smallest absolute Gasteiger partial charge is 0.122 e. The van der Waals surface area contributed by atoms with Gasteiger partial charge in [-0.15, -0.1) is 0 Å². The number of hydrogen-bond donors (Lipinski definition) is 2. The van der Waals surface area contributed by atoms with Crippen LogP contribution in [0.5, 0.6) is 5.75 Å². The van der Waals surface area contributed by atoms with Gasteiger partial charge in [-0.25, -0.2) is 4.98 Å². The zero-order valence-electron chi connectivity index (χ0n) is 10.9. The Morgan fingerprint density at radius 3 is 2.78 bits per heavy atom. The molecular weight excluding hydrogens is 226 g/mol. The minimum Gasteiger partial charge on any atom is -0.490 e. The Labute approximate surface area is 107 Å². The van der Waals surface area contributed by atoms with Crippen LogP contribution in [-0.4, -0.2) is 29.2 Å². The summed E-state index contributed by atoms with van der Waals surface area (Å²) in [5, 5.41) is 3.35. The number of nitrogens with zero attached hydrogens (tertiary/aromatic N) is 1. The quantitative estimate of drug-likeness (QED) is 0.853. The highest BCUT2D eigenvalue weighted by Gasteiger charge is 2.15. The summed E-state index contributed by atoms with van der Waals surface area (Å²) in [7, 11) is 0. The molecule has 0 saturated carbocycles. The van der Waals surface area contributed by atoms with E-state index in [9.17, 15) is 0 Å². The maximum absolute atomic E-state index is 6.07. The first kappa shape index (κ1) is 11.5. The number of fused-ring (bicyclic) bond motifs is 1. The van der Waals surface area contributed by atoms with Crippen molar-refractivity contribution in [1.29, 1.82) is 0 Å². The topological polar surface area (TPSA) is 49.9 Å². The number of aromatic amines is 1. The van der Waals surface area contributed by atoms with E-state index in [0.717, 1.165) is 48.5 Å². The Hall–Kier alpha value is -1.55. The highest BCUT2D eigenvalue weighted by Crippen LogP contribution is 2.25. The zero-order valence-corrected chi connectivity index (χ0v) is 10.9. The van der Waals surface area contributed by atoms with Crippen LogP contribution in [0.4, 0.5) is 0 Å².